The van der Waals surface area contributed by atoms with Gasteiger partial charge in [0.2, 0.25) is 5.91 Å². The number of unbranched alkanes of at least 4 members (excludes halogenated alkanes) is 1. The van der Waals surface area contributed by atoms with Crippen LogP contribution in [0.15, 0.2) is 30.3 Å². The summed E-state index contributed by atoms with van der Waals surface area (Å²) in [6, 6.07) is 9.27. The summed E-state index contributed by atoms with van der Waals surface area (Å²) in [6.45, 7) is 3.28. The first kappa shape index (κ1) is 15.5. The lowest BCUT2D eigenvalue weighted by Crippen LogP contribution is -2.41. The fraction of sp³-hybridized carbons (Fsp3) is 0.533. The molecule has 0 unspecified atom stereocenters. The van der Waals surface area contributed by atoms with Gasteiger partial charge in [-0.05, 0) is 25.0 Å². The summed E-state index contributed by atoms with van der Waals surface area (Å²) in [5, 5.41) is 2.83. The van der Waals surface area contributed by atoms with Gasteiger partial charge in [0.05, 0.1) is 12.6 Å². The molecule has 0 fully saturated rings. The standard InChI is InChI=1S/C15H24N2O2/c1-2-3-10-14(16)15(18)17-11-7-12-19-13-8-5-4-6-9-13/h4-6,8-9,14H,2-3,7,10-12,16H2,1H3,(H,17,18)/t14-/m0/s1. The molecule has 0 aliphatic heterocycles. The molecule has 1 amide bonds. The van der Waals surface area contributed by atoms with Gasteiger partial charge >= 0.3 is 0 Å². The number of rotatable bonds is 9. The van der Waals surface area contributed by atoms with Gasteiger partial charge < -0.3 is 15.8 Å². The number of carbonyl (C=O) groups excluding carboxylic acids is 1. The van der Waals surface area contributed by atoms with Crippen LogP contribution in [0, 0.1) is 0 Å². The molecule has 0 heterocycles. The molecule has 0 aliphatic carbocycles. The van der Waals surface area contributed by atoms with Gasteiger partial charge in [-0.2, -0.15) is 0 Å². The SMILES string of the molecule is CCCC[C@H](N)C(=O)NCCCOc1ccccc1. The Labute approximate surface area is 115 Å². The van der Waals surface area contributed by atoms with E-state index in [4.69, 9.17) is 10.5 Å². The maximum atomic E-state index is 11.6. The van der Waals surface area contributed by atoms with Gasteiger partial charge in [-0.25, -0.2) is 0 Å². The number of para-hydroxylation sites is 1. The lowest BCUT2D eigenvalue weighted by Gasteiger charge is -2.12. The number of nitrogens with one attached hydrogen (secondary N) is 1. The molecule has 3 N–H and O–H groups in total. The van der Waals surface area contributed by atoms with Crippen LogP contribution in [-0.4, -0.2) is 25.1 Å². The lowest BCUT2D eigenvalue weighted by molar-refractivity contribution is -0.122. The molecule has 0 aromatic heterocycles. The lowest BCUT2D eigenvalue weighted by atomic mass is 10.1. The topological polar surface area (TPSA) is 64.4 Å². The fourth-order valence-electron chi connectivity index (χ4n) is 1.68. The van der Waals surface area contributed by atoms with Crippen molar-refractivity contribution in [2.75, 3.05) is 13.2 Å². The van der Waals surface area contributed by atoms with Crippen molar-refractivity contribution in [1.82, 2.24) is 5.32 Å². The number of amides is 1. The Bertz CT molecular complexity index is 354. The van der Waals surface area contributed by atoms with E-state index in [1.54, 1.807) is 0 Å². The fourth-order valence-corrected chi connectivity index (χ4v) is 1.68. The van der Waals surface area contributed by atoms with E-state index < -0.39 is 0 Å². The second-order valence-electron chi connectivity index (χ2n) is 4.55. The molecule has 1 rings (SSSR count). The molecule has 4 heteroatoms. The van der Waals surface area contributed by atoms with E-state index in [9.17, 15) is 4.79 Å². The minimum atomic E-state index is -0.380. The molecule has 0 spiro atoms. The Morgan fingerprint density at radius 1 is 1.32 bits per heavy atom. The van der Waals surface area contributed by atoms with E-state index in [1.807, 2.05) is 30.3 Å². The molecule has 1 aromatic carbocycles. The molecule has 0 saturated carbocycles. The number of hydrogen-bond acceptors (Lipinski definition) is 3. The van der Waals surface area contributed by atoms with Crippen molar-refractivity contribution in [3.8, 4) is 5.75 Å². The van der Waals surface area contributed by atoms with Crippen LogP contribution in [0.25, 0.3) is 0 Å². The van der Waals surface area contributed by atoms with Crippen molar-refractivity contribution >= 4 is 5.91 Å². The molecule has 0 radical (unpaired) electrons. The summed E-state index contributed by atoms with van der Waals surface area (Å²) in [4.78, 5) is 11.6. The summed E-state index contributed by atoms with van der Waals surface area (Å²) < 4.78 is 5.53. The third-order valence-electron chi connectivity index (χ3n) is 2.84. The first-order valence-corrected chi connectivity index (χ1v) is 6.95. The summed E-state index contributed by atoms with van der Waals surface area (Å²) >= 11 is 0. The molecule has 0 bridgehead atoms. The van der Waals surface area contributed by atoms with Crippen molar-refractivity contribution in [2.24, 2.45) is 5.73 Å². The summed E-state index contributed by atoms with van der Waals surface area (Å²) in [7, 11) is 0. The van der Waals surface area contributed by atoms with Gasteiger partial charge in [0.25, 0.3) is 0 Å². The monoisotopic (exact) mass is 264 g/mol. The van der Waals surface area contributed by atoms with Crippen molar-refractivity contribution in [3.63, 3.8) is 0 Å². The van der Waals surface area contributed by atoms with Gasteiger partial charge in [-0.3, -0.25) is 4.79 Å². The summed E-state index contributed by atoms with van der Waals surface area (Å²) in [5.74, 6) is 0.793. The van der Waals surface area contributed by atoms with Crippen LogP contribution in [0.2, 0.25) is 0 Å². The predicted octanol–water partition coefficient (Wildman–Crippen LogP) is 2.09. The molecular weight excluding hydrogens is 240 g/mol. The second-order valence-corrected chi connectivity index (χ2v) is 4.55. The van der Waals surface area contributed by atoms with Crippen LogP contribution in [0.1, 0.15) is 32.6 Å². The van der Waals surface area contributed by atoms with Crippen LogP contribution in [0.5, 0.6) is 5.75 Å². The zero-order valence-electron chi connectivity index (χ0n) is 11.6. The molecule has 19 heavy (non-hydrogen) atoms. The maximum absolute atomic E-state index is 11.6. The van der Waals surface area contributed by atoms with Crippen molar-refractivity contribution in [3.05, 3.63) is 30.3 Å². The zero-order valence-corrected chi connectivity index (χ0v) is 11.6. The van der Waals surface area contributed by atoms with Crippen molar-refractivity contribution in [1.29, 1.82) is 0 Å². The van der Waals surface area contributed by atoms with Gasteiger partial charge in [0.15, 0.2) is 0 Å². The highest BCUT2D eigenvalue weighted by atomic mass is 16.5. The summed E-state index contributed by atoms with van der Waals surface area (Å²) in [6.07, 6.45) is 3.58. The molecule has 0 aliphatic rings. The molecule has 106 valence electrons. The number of benzene rings is 1. The van der Waals surface area contributed by atoms with Crippen LogP contribution < -0.4 is 15.8 Å². The Balaban J connectivity index is 2.05. The Morgan fingerprint density at radius 3 is 2.74 bits per heavy atom. The summed E-state index contributed by atoms with van der Waals surface area (Å²) in [5.41, 5.74) is 5.77. The second kappa shape index (κ2) is 9.39. The Morgan fingerprint density at radius 2 is 2.05 bits per heavy atom. The van der Waals surface area contributed by atoms with E-state index in [0.717, 1.165) is 31.4 Å². The van der Waals surface area contributed by atoms with Gasteiger partial charge in [0.1, 0.15) is 5.75 Å². The average molecular weight is 264 g/mol. The number of hydrogen-bond donors (Lipinski definition) is 2. The van der Waals surface area contributed by atoms with E-state index in [2.05, 4.69) is 12.2 Å². The van der Waals surface area contributed by atoms with Gasteiger partial charge in [-0.1, -0.05) is 38.0 Å². The largest absolute Gasteiger partial charge is 0.494 e. The number of ether oxygens (including phenoxy) is 1. The van der Waals surface area contributed by atoms with Crippen LogP contribution in [-0.2, 0) is 4.79 Å². The number of nitrogens with two attached hydrogens (primary N) is 1. The molecule has 0 saturated heterocycles. The van der Waals surface area contributed by atoms with Crippen LogP contribution in [0.3, 0.4) is 0 Å². The highest BCUT2D eigenvalue weighted by Crippen LogP contribution is 2.08. The molecule has 4 nitrogen and oxygen atoms in total. The maximum Gasteiger partial charge on any atom is 0.236 e. The Kier molecular flexibility index (Phi) is 7.66. The highest BCUT2D eigenvalue weighted by molar-refractivity contribution is 5.81. The van der Waals surface area contributed by atoms with E-state index in [0.29, 0.717) is 13.2 Å². The van der Waals surface area contributed by atoms with Crippen molar-refractivity contribution in [2.45, 2.75) is 38.6 Å². The Hall–Kier alpha value is -1.55. The minimum Gasteiger partial charge on any atom is -0.494 e. The predicted molar refractivity (Wildman–Crippen MR) is 77.1 cm³/mol. The molecular formula is C15H24N2O2. The third-order valence-corrected chi connectivity index (χ3v) is 2.84. The first-order chi connectivity index (χ1) is 9.24. The van der Waals surface area contributed by atoms with Gasteiger partial charge in [-0.15, -0.1) is 0 Å². The van der Waals surface area contributed by atoms with E-state index in [-0.39, 0.29) is 11.9 Å². The minimum absolute atomic E-state index is 0.0619. The normalized spacial score (nSPS) is 11.9. The van der Waals surface area contributed by atoms with Crippen molar-refractivity contribution < 1.29 is 9.53 Å². The first-order valence-electron chi connectivity index (χ1n) is 6.95. The third kappa shape index (κ3) is 6.82. The van der Waals surface area contributed by atoms with E-state index in [1.165, 1.54) is 0 Å². The quantitative estimate of drug-likeness (QED) is 0.671. The van der Waals surface area contributed by atoms with Crippen LogP contribution >= 0.6 is 0 Å². The number of carbonyl (C=O) groups is 1. The highest BCUT2D eigenvalue weighted by Gasteiger charge is 2.11. The smallest absolute Gasteiger partial charge is 0.236 e. The zero-order chi connectivity index (χ0) is 13.9. The molecule has 1 aromatic rings. The van der Waals surface area contributed by atoms with Gasteiger partial charge in [0, 0.05) is 6.54 Å². The van der Waals surface area contributed by atoms with E-state index >= 15 is 0 Å². The average Bonchev–Trinajstić information content (AvgIpc) is 2.45. The molecule has 1 atom stereocenters. The van der Waals surface area contributed by atoms with Crippen LogP contribution in [0.4, 0.5) is 0 Å².